The number of rotatable bonds is 4. The molecule has 0 saturated carbocycles. The zero-order chi connectivity index (χ0) is 24.5. The van der Waals surface area contributed by atoms with Crippen LogP contribution in [0.4, 0.5) is 17.1 Å². The summed E-state index contributed by atoms with van der Waals surface area (Å²) in [5.41, 5.74) is 9.10. The van der Waals surface area contributed by atoms with E-state index in [1.54, 1.807) is 0 Å². The van der Waals surface area contributed by atoms with Crippen LogP contribution in [0.15, 0.2) is 115 Å². The third kappa shape index (κ3) is 3.64. The highest BCUT2D eigenvalue weighted by molar-refractivity contribution is 6.83. The van der Waals surface area contributed by atoms with E-state index in [1.165, 1.54) is 22.2 Å². The SMILES string of the molecule is N#Cc1ccc(NB2c3c(cccc3C3C=CC=C3)-c3ccccc3N2c2ccc(C#N)cc2)cc1. The van der Waals surface area contributed by atoms with Crippen molar-refractivity contribution in [3.05, 3.63) is 132 Å². The van der Waals surface area contributed by atoms with E-state index in [4.69, 9.17) is 0 Å². The molecule has 0 aromatic heterocycles. The van der Waals surface area contributed by atoms with E-state index in [9.17, 15) is 10.5 Å². The maximum absolute atomic E-state index is 9.36. The second-order valence-corrected chi connectivity index (χ2v) is 8.89. The number of allylic oxidation sites excluding steroid dienone is 4. The third-order valence-corrected chi connectivity index (χ3v) is 6.82. The van der Waals surface area contributed by atoms with Gasteiger partial charge >= 0.3 is 6.98 Å². The van der Waals surface area contributed by atoms with E-state index < -0.39 is 0 Å². The average molecular weight is 460 g/mol. The van der Waals surface area contributed by atoms with E-state index >= 15 is 0 Å². The summed E-state index contributed by atoms with van der Waals surface area (Å²) in [6, 6.07) is 34.7. The van der Waals surface area contributed by atoms with Crippen molar-refractivity contribution in [1.82, 2.24) is 0 Å². The van der Waals surface area contributed by atoms with Gasteiger partial charge < -0.3 is 10.0 Å². The molecule has 6 rings (SSSR count). The molecule has 0 atom stereocenters. The van der Waals surface area contributed by atoms with Crippen LogP contribution in [0.5, 0.6) is 0 Å². The van der Waals surface area contributed by atoms with Gasteiger partial charge in [-0.2, -0.15) is 10.5 Å². The highest BCUT2D eigenvalue weighted by Crippen LogP contribution is 2.41. The minimum absolute atomic E-state index is 0.193. The molecule has 4 aromatic rings. The minimum Gasteiger partial charge on any atom is -0.405 e. The maximum atomic E-state index is 9.36. The first-order valence-electron chi connectivity index (χ1n) is 11.9. The zero-order valence-electron chi connectivity index (χ0n) is 19.5. The van der Waals surface area contributed by atoms with Crippen LogP contribution in [0.2, 0.25) is 0 Å². The molecule has 0 unspecified atom stereocenters. The Bertz CT molecular complexity index is 1580. The van der Waals surface area contributed by atoms with Crippen molar-refractivity contribution < 1.29 is 0 Å². The number of benzene rings is 4. The first-order valence-corrected chi connectivity index (χ1v) is 11.9. The molecule has 0 fully saturated rings. The Morgan fingerprint density at radius 3 is 2.03 bits per heavy atom. The normalized spacial score (nSPS) is 13.6. The molecule has 1 aliphatic heterocycles. The summed E-state index contributed by atoms with van der Waals surface area (Å²) in [6.07, 6.45) is 8.65. The summed E-state index contributed by atoms with van der Waals surface area (Å²) in [5, 5.41) is 22.4. The number of para-hydroxylation sites is 1. The number of nitriles is 2. The first-order chi connectivity index (χ1) is 17.8. The molecule has 0 radical (unpaired) electrons. The third-order valence-electron chi connectivity index (χ3n) is 6.82. The lowest BCUT2D eigenvalue weighted by Gasteiger charge is -2.40. The van der Waals surface area contributed by atoms with Crippen molar-refractivity contribution >= 4 is 29.5 Å². The van der Waals surface area contributed by atoms with Crippen molar-refractivity contribution in [2.75, 3.05) is 10.0 Å². The first kappa shape index (κ1) is 21.5. The molecule has 0 bridgehead atoms. The predicted molar refractivity (Wildman–Crippen MR) is 146 cm³/mol. The van der Waals surface area contributed by atoms with Gasteiger partial charge in [0.25, 0.3) is 0 Å². The molecule has 0 spiro atoms. The summed E-state index contributed by atoms with van der Waals surface area (Å²) in [6.45, 7) is -0.214. The summed E-state index contributed by atoms with van der Waals surface area (Å²) in [5.74, 6) is 0.193. The molecule has 5 heteroatoms. The fourth-order valence-corrected chi connectivity index (χ4v) is 5.15. The Morgan fingerprint density at radius 1 is 0.694 bits per heavy atom. The van der Waals surface area contributed by atoms with E-state index in [-0.39, 0.29) is 12.9 Å². The molecule has 1 N–H and O–H groups in total. The lowest BCUT2D eigenvalue weighted by Crippen LogP contribution is -2.56. The highest BCUT2D eigenvalue weighted by Gasteiger charge is 2.39. The summed E-state index contributed by atoms with van der Waals surface area (Å²) >= 11 is 0. The van der Waals surface area contributed by atoms with Gasteiger partial charge in [0, 0.05) is 28.5 Å². The summed E-state index contributed by atoms with van der Waals surface area (Å²) in [4.78, 5) is 2.31. The highest BCUT2D eigenvalue weighted by atomic mass is 15.2. The Hall–Kier alpha value is -5.00. The Kier molecular flexibility index (Phi) is 5.37. The van der Waals surface area contributed by atoms with Crippen molar-refractivity contribution in [3.8, 4) is 23.3 Å². The van der Waals surface area contributed by atoms with E-state index in [0.29, 0.717) is 11.1 Å². The Morgan fingerprint density at radius 2 is 1.33 bits per heavy atom. The topological polar surface area (TPSA) is 62.9 Å². The van der Waals surface area contributed by atoms with Crippen LogP contribution >= 0.6 is 0 Å². The van der Waals surface area contributed by atoms with Gasteiger partial charge in [-0.1, -0.05) is 60.7 Å². The van der Waals surface area contributed by atoms with Gasteiger partial charge in [0.1, 0.15) is 0 Å². The number of anilines is 3. The molecule has 4 nitrogen and oxygen atoms in total. The summed E-state index contributed by atoms with van der Waals surface area (Å²) in [7, 11) is 0. The molecule has 0 amide bonds. The van der Waals surface area contributed by atoms with Crippen LogP contribution in [-0.4, -0.2) is 6.98 Å². The molecule has 0 saturated heterocycles. The Balaban J connectivity index is 1.59. The van der Waals surface area contributed by atoms with E-state index in [2.05, 4.69) is 88.9 Å². The number of nitrogens with zero attached hydrogens (tertiary/aromatic N) is 3. The molecule has 1 heterocycles. The number of nitrogens with one attached hydrogen (secondary N) is 1. The van der Waals surface area contributed by atoms with E-state index in [1.807, 2.05) is 48.5 Å². The molecule has 36 heavy (non-hydrogen) atoms. The fourth-order valence-electron chi connectivity index (χ4n) is 5.15. The van der Waals surface area contributed by atoms with Gasteiger partial charge in [-0.15, -0.1) is 0 Å². The van der Waals surface area contributed by atoms with Crippen LogP contribution < -0.4 is 15.5 Å². The fraction of sp³-hybridized carbons (Fsp3) is 0.0323. The van der Waals surface area contributed by atoms with Gasteiger partial charge in [0.2, 0.25) is 0 Å². The smallest absolute Gasteiger partial charge is 0.405 e. The standard InChI is InChI=1S/C31H21BN4/c33-20-22-12-16-25(17-13-22)35-32-31-27(24-6-1-2-7-24)9-5-10-29(31)28-8-3-4-11-30(28)36(32)26-18-14-23(21-34)15-19-26/h1-19,24,35H. The lowest BCUT2D eigenvalue weighted by atomic mass is 9.57. The maximum Gasteiger partial charge on any atom is 0.414 e. The molecule has 2 aliphatic rings. The van der Waals surface area contributed by atoms with Gasteiger partial charge in [0.15, 0.2) is 0 Å². The second-order valence-electron chi connectivity index (χ2n) is 8.89. The minimum atomic E-state index is -0.214. The zero-order valence-corrected chi connectivity index (χ0v) is 19.5. The van der Waals surface area contributed by atoms with Gasteiger partial charge in [0.05, 0.1) is 23.3 Å². The van der Waals surface area contributed by atoms with E-state index in [0.717, 1.165) is 17.1 Å². The predicted octanol–water partition coefficient (Wildman–Crippen LogP) is 6.27. The van der Waals surface area contributed by atoms with Gasteiger partial charge in [-0.05, 0) is 71.2 Å². The quantitative estimate of drug-likeness (QED) is 0.365. The monoisotopic (exact) mass is 460 g/mol. The van der Waals surface area contributed by atoms with Crippen LogP contribution in [0.1, 0.15) is 22.6 Å². The lowest BCUT2D eigenvalue weighted by molar-refractivity contribution is 1.11. The van der Waals surface area contributed by atoms with Crippen molar-refractivity contribution in [2.45, 2.75) is 5.92 Å². The van der Waals surface area contributed by atoms with Crippen LogP contribution in [0.3, 0.4) is 0 Å². The van der Waals surface area contributed by atoms with Crippen LogP contribution in [0.25, 0.3) is 11.1 Å². The van der Waals surface area contributed by atoms with Gasteiger partial charge in [-0.3, -0.25) is 0 Å². The number of fused-ring (bicyclic) bond motifs is 3. The van der Waals surface area contributed by atoms with Crippen molar-refractivity contribution in [1.29, 1.82) is 10.5 Å². The van der Waals surface area contributed by atoms with Crippen LogP contribution in [-0.2, 0) is 0 Å². The molecular formula is C31H21BN4. The van der Waals surface area contributed by atoms with Crippen LogP contribution in [0, 0.1) is 22.7 Å². The molecule has 4 aromatic carbocycles. The number of hydrogen-bond acceptors (Lipinski definition) is 4. The molecule has 1 aliphatic carbocycles. The average Bonchev–Trinajstić information content (AvgIpc) is 3.48. The van der Waals surface area contributed by atoms with Gasteiger partial charge in [-0.25, -0.2) is 0 Å². The van der Waals surface area contributed by atoms with Crippen molar-refractivity contribution in [2.24, 2.45) is 0 Å². The Labute approximate surface area is 211 Å². The molecular weight excluding hydrogens is 439 g/mol. The summed E-state index contributed by atoms with van der Waals surface area (Å²) < 4.78 is 0. The molecule has 168 valence electrons. The van der Waals surface area contributed by atoms with Crippen molar-refractivity contribution in [3.63, 3.8) is 0 Å². The number of hydrogen-bond donors (Lipinski definition) is 1. The second kappa shape index (κ2) is 8.98. The largest absolute Gasteiger partial charge is 0.414 e.